The van der Waals surface area contributed by atoms with Crippen molar-refractivity contribution in [3.63, 3.8) is 0 Å². The topological polar surface area (TPSA) is 87.6 Å². The molecule has 0 radical (unpaired) electrons. The fourth-order valence-electron chi connectivity index (χ4n) is 3.19. The highest BCUT2D eigenvalue weighted by Gasteiger charge is 2.42. The summed E-state index contributed by atoms with van der Waals surface area (Å²) in [5.74, 6) is -0.0226. The Morgan fingerprint density at radius 1 is 1.30 bits per heavy atom. The van der Waals surface area contributed by atoms with E-state index in [-0.39, 0.29) is 5.91 Å². The largest absolute Gasteiger partial charge is 0.324 e. The normalized spacial score (nSPS) is 17.2. The Hall–Kier alpha value is -2.67. The molecule has 0 atom stereocenters. The molecule has 4 rings (SSSR count). The van der Waals surface area contributed by atoms with Crippen LogP contribution in [0.1, 0.15) is 12.8 Å². The second kappa shape index (κ2) is 5.51. The molecule has 7 heteroatoms. The van der Waals surface area contributed by atoms with Gasteiger partial charge in [0.05, 0.1) is 11.7 Å². The predicted molar refractivity (Wildman–Crippen MR) is 87.0 cm³/mol. The smallest absolute Gasteiger partial charge is 0.252 e. The predicted octanol–water partition coefficient (Wildman–Crippen LogP) is 1.48. The van der Waals surface area contributed by atoms with Gasteiger partial charge in [0.1, 0.15) is 5.54 Å². The zero-order valence-corrected chi connectivity index (χ0v) is 12.6. The third-order valence-electron chi connectivity index (χ3n) is 4.49. The summed E-state index contributed by atoms with van der Waals surface area (Å²) in [5, 5.41) is 18.6. The number of fused-ring (bicyclic) bond motifs is 1. The van der Waals surface area contributed by atoms with E-state index in [2.05, 4.69) is 25.9 Å². The van der Waals surface area contributed by atoms with Crippen LogP contribution >= 0.6 is 0 Å². The van der Waals surface area contributed by atoms with E-state index < -0.39 is 5.54 Å². The molecule has 0 spiro atoms. The quantitative estimate of drug-likeness (QED) is 0.684. The number of H-pyrrole nitrogens is 1. The molecule has 1 aromatic carbocycles. The molecule has 3 N–H and O–H groups in total. The highest BCUT2D eigenvalue weighted by atomic mass is 16.2. The van der Waals surface area contributed by atoms with Gasteiger partial charge in [-0.05, 0) is 50.2 Å². The van der Waals surface area contributed by atoms with E-state index in [1.165, 1.54) is 0 Å². The van der Waals surface area contributed by atoms with Crippen LogP contribution in [0.25, 0.3) is 10.9 Å². The zero-order valence-electron chi connectivity index (χ0n) is 12.6. The molecular weight excluding hydrogens is 292 g/mol. The monoisotopic (exact) mass is 310 g/mol. The van der Waals surface area contributed by atoms with Gasteiger partial charge >= 0.3 is 0 Å². The van der Waals surface area contributed by atoms with E-state index in [0.29, 0.717) is 12.8 Å². The van der Waals surface area contributed by atoms with Crippen LogP contribution in [-0.2, 0) is 10.3 Å². The lowest BCUT2D eigenvalue weighted by Crippen LogP contribution is -2.52. The summed E-state index contributed by atoms with van der Waals surface area (Å²) in [4.78, 5) is 13.0. The Labute approximate surface area is 133 Å². The minimum Gasteiger partial charge on any atom is -0.324 e. The number of carbonyl (C=O) groups excluding carboxylic acids is 1. The van der Waals surface area contributed by atoms with E-state index >= 15 is 0 Å². The molecule has 3 aromatic rings. The Kier molecular flexibility index (Phi) is 3.34. The molecule has 0 bridgehead atoms. The van der Waals surface area contributed by atoms with Crippen LogP contribution in [0.3, 0.4) is 0 Å². The summed E-state index contributed by atoms with van der Waals surface area (Å²) in [6, 6.07) is 7.58. The van der Waals surface area contributed by atoms with Gasteiger partial charge < -0.3 is 10.6 Å². The molecule has 0 saturated carbocycles. The van der Waals surface area contributed by atoms with Gasteiger partial charge in [-0.3, -0.25) is 14.6 Å². The maximum atomic E-state index is 13.0. The number of nitrogens with zero attached hydrogens (tertiary/aromatic N) is 3. The Morgan fingerprint density at radius 2 is 2.17 bits per heavy atom. The van der Waals surface area contributed by atoms with Gasteiger partial charge in [-0.1, -0.05) is 0 Å². The molecule has 1 aliphatic rings. The third-order valence-corrected chi connectivity index (χ3v) is 4.49. The molecule has 1 saturated heterocycles. The van der Waals surface area contributed by atoms with Crippen LogP contribution in [0.2, 0.25) is 0 Å². The number of amides is 1. The fourth-order valence-corrected chi connectivity index (χ4v) is 3.19. The second-order valence-electron chi connectivity index (χ2n) is 5.86. The van der Waals surface area contributed by atoms with Gasteiger partial charge in [0.15, 0.2) is 0 Å². The van der Waals surface area contributed by atoms with Gasteiger partial charge in [0.2, 0.25) is 0 Å². The van der Waals surface area contributed by atoms with Crippen molar-refractivity contribution in [1.29, 1.82) is 0 Å². The number of aromatic nitrogens is 4. The van der Waals surface area contributed by atoms with Gasteiger partial charge in [-0.15, -0.1) is 0 Å². The summed E-state index contributed by atoms with van der Waals surface area (Å²) in [6.45, 7) is 1.60. The maximum absolute atomic E-state index is 13.0. The number of anilines is 1. The van der Waals surface area contributed by atoms with Crippen LogP contribution in [0.4, 0.5) is 5.69 Å². The maximum Gasteiger partial charge on any atom is 0.252 e. The highest BCUT2D eigenvalue weighted by Crippen LogP contribution is 2.29. The lowest BCUT2D eigenvalue weighted by atomic mass is 9.87. The van der Waals surface area contributed by atoms with Crippen molar-refractivity contribution < 1.29 is 4.79 Å². The van der Waals surface area contributed by atoms with Crippen molar-refractivity contribution in [3.05, 3.63) is 42.9 Å². The Morgan fingerprint density at radius 3 is 2.96 bits per heavy atom. The Balaban J connectivity index is 1.64. The molecule has 3 heterocycles. The molecule has 118 valence electrons. The van der Waals surface area contributed by atoms with Gasteiger partial charge in [0, 0.05) is 23.5 Å². The van der Waals surface area contributed by atoms with Crippen LogP contribution in [0.5, 0.6) is 0 Å². The number of nitrogens with one attached hydrogen (secondary N) is 3. The average Bonchev–Trinajstić information content (AvgIpc) is 3.27. The molecule has 0 unspecified atom stereocenters. The lowest BCUT2D eigenvalue weighted by molar-refractivity contribution is -0.126. The van der Waals surface area contributed by atoms with Crippen molar-refractivity contribution in [2.75, 3.05) is 18.4 Å². The number of aromatic amines is 1. The van der Waals surface area contributed by atoms with E-state index in [9.17, 15) is 4.79 Å². The van der Waals surface area contributed by atoms with Crippen molar-refractivity contribution in [2.45, 2.75) is 18.4 Å². The van der Waals surface area contributed by atoms with Gasteiger partial charge in [0.25, 0.3) is 5.91 Å². The van der Waals surface area contributed by atoms with Crippen molar-refractivity contribution in [3.8, 4) is 0 Å². The summed E-state index contributed by atoms with van der Waals surface area (Å²) in [7, 11) is 0. The average molecular weight is 310 g/mol. The van der Waals surface area contributed by atoms with Crippen molar-refractivity contribution >= 4 is 22.5 Å². The summed E-state index contributed by atoms with van der Waals surface area (Å²) in [5.41, 5.74) is 1.08. The molecular formula is C16H18N6O. The van der Waals surface area contributed by atoms with E-state index in [1.807, 2.05) is 30.5 Å². The first-order valence-electron chi connectivity index (χ1n) is 7.73. The van der Waals surface area contributed by atoms with Gasteiger partial charge in [-0.2, -0.15) is 10.2 Å². The summed E-state index contributed by atoms with van der Waals surface area (Å²) >= 11 is 0. The van der Waals surface area contributed by atoms with Crippen LogP contribution in [0, 0.1) is 0 Å². The first kappa shape index (κ1) is 14.0. The fraction of sp³-hybridized carbons (Fsp3) is 0.312. The van der Waals surface area contributed by atoms with Crippen LogP contribution in [-0.4, -0.2) is 39.0 Å². The Bertz CT molecular complexity index is 816. The molecule has 0 aliphatic carbocycles. The van der Waals surface area contributed by atoms with E-state index in [4.69, 9.17) is 0 Å². The number of hydrogen-bond donors (Lipinski definition) is 3. The molecule has 1 fully saturated rings. The summed E-state index contributed by atoms with van der Waals surface area (Å²) < 4.78 is 1.79. The molecule has 1 amide bonds. The molecule has 7 nitrogen and oxygen atoms in total. The number of benzene rings is 1. The third kappa shape index (κ3) is 2.39. The van der Waals surface area contributed by atoms with Crippen LogP contribution < -0.4 is 10.6 Å². The lowest BCUT2D eigenvalue weighted by Gasteiger charge is -2.36. The number of piperidine rings is 1. The van der Waals surface area contributed by atoms with E-state index in [0.717, 1.165) is 29.7 Å². The minimum absolute atomic E-state index is 0.0226. The highest BCUT2D eigenvalue weighted by molar-refractivity contribution is 5.98. The molecule has 1 aliphatic heterocycles. The van der Waals surface area contributed by atoms with E-state index in [1.54, 1.807) is 17.1 Å². The van der Waals surface area contributed by atoms with Crippen LogP contribution in [0.15, 0.2) is 42.9 Å². The van der Waals surface area contributed by atoms with Crippen molar-refractivity contribution in [2.24, 2.45) is 0 Å². The summed E-state index contributed by atoms with van der Waals surface area (Å²) in [6.07, 6.45) is 6.76. The zero-order chi connectivity index (χ0) is 15.7. The first-order valence-corrected chi connectivity index (χ1v) is 7.73. The number of carbonyl (C=O) groups is 1. The van der Waals surface area contributed by atoms with Gasteiger partial charge in [-0.25, -0.2) is 0 Å². The first-order chi connectivity index (χ1) is 11.3. The minimum atomic E-state index is -0.639. The second-order valence-corrected chi connectivity index (χ2v) is 5.86. The number of rotatable bonds is 3. The standard InChI is InChI=1S/C16H18N6O/c23-15(20-13-2-3-14-12(10-13)11-18-21-14)16(4-7-17-8-5-16)22-9-1-6-19-22/h1-3,6,9-11,17H,4-5,7-8H2,(H,18,21)(H,20,23). The SMILES string of the molecule is O=C(Nc1ccc2[nH]ncc2c1)C1(n2cccn2)CCNCC1. The molecule has 2 aromatic heterocycles. The van der Waals surface area contributed by atoms with Crippen molar-refractivity contribution in [1.82, 2.24) is 25.3 Å². The number of hydrogen-bond acceptors (Lipinski definition) is 4. The molecule has 23 heavy (non-hydrogen) atoms.